The number of anilines is 1. The summed E-state index contributed by atoms with van der Waals surface area (Å²) in [5.41, 5.74) is 2.71. The smallest absolute Gasteiger partial charge is 0.295 e. The van der Waals surface area contributed by atoms with E-state index in [1.54, 1.807) is 56.2 Å². The molecule has 3 aromatic heterocycles. The highest BCUT2D eigenvalue weighted by atomic mass is 35.5. The van der Waals surface area contributed by atoms with E-state index in [-0.39, 0.29) is 17.2 Å². The van der Waals surface area contributed by atoms with Gasteiger partial charge in [0.1, 0.15) is 5.69 Å². The van der Waals surface area contributed by atoms with Gasteiger partial charge in [-0.25, -0.2) is 4.68 Å². The molecule has 0 saturated heterocycles. The Morgan fingerprint density at radius 2 is 1.69 bits per heavy atom. The molecule has 0 aliphatic heterocycles. The summed E-state index contributed by atoms with van der Waals surface area (Å²) in [4.78, 5) is 30.6. The molecule has 1 atom stereocenters. The van der Waals surface area contributed by atoms with Gasteiger partial charge in [-0.3, -0.25) is 23.8 Å². The average molecular weight is 581 g/mol. The van der Waals surface area contributed by atoms with E-state index in [0.29, 0.717) is 38.1 Å². The zero-order valence-electron chi connectivity index (χ0n) is 21.2. The van der Waals surface area contributed by atoms with Gasteiger partial charge >= 0.3 is 0 Å². The number of amides is 1. The lowest BCUT2D eigenvalue weighted by atomic mass is 10.2. The maximum atomic E-state index is 13.3. The highest BCUT2D eigenvalue weighted by Gasteiger charge is 2.25. The van der Waals surface area contributed by atoms with Gasteiger partial charge in [0.05, 0.1) is 32.4 Å². The number of hydrogen-bond acceptors (Lipinski definition) is 6. The normalized spacial score (nSPS) is 11.9. The van der Waals surface area contributed by atoms with E-state index in [9.17, 15) is 9.59 Å². The predicted molar refractivity (Wildman–Crippen MR) is 154 cm³/mol. The summed E-state index contributed by atoms with van der Waals surface area (Å²) in [7, 11) is 1.78. The lowest BCUT2D eigenvalue weighted by molar-refractivity contribution is -0.115. The number of aromatic nitrogens is 6. The molecule has 3 heterocycles. The van der Waals surface area contributed by atoms with Crippen LogP contribution in [0.25, 0.3) is 22.8 Å². The summed E-state index contributed by atoms with van der Waals surface area (Å²) in [6.07, 6.45) is 3.33. The van der Waals surface area contributed by atoms with Crippen LogP contribution in [0.15, 0.2) is 83.0 Å². The van der Waals surface area contributed by atoms with Crippen molar-refractivity contribution in [3.05, 3.63) is 99.2 Å². The van der Waals surface area contributed by atoms with E-state index in [4.69, 9.17) is 23.2 Å². The van der Waals surface area contributed by atoms with Gasteiger partial charge in [0.25, 0.3) is 5.56 Å². The lowest BCUT2D eigenvalue weighted by Gasteiger charge is -2.14. The summed E-state index contributed by atoms with van der Waals surface area (Å²) < 4.78 is 5.04. The molecule has 5 aromatic rings. The topological polar surface area (TPSA) is 99.6 Å². The Bertz CT molecular complexity index is 1720. The highest BCUT2D eigenvalue weighted by molar-refractivity contribution is 8.00. The summed E-state index contributed by atoms with van der Waals surface area (Å²) in [6.45, 7) is 3.53. The number of hydrogen-bond donors (Lipinski definition) is 1. The summed E-state index contributed by atoms with van der Waals surface area (Å²) in [5.74, 6) is 0.204. The molecule has 0 aliphatic carbocycles. The van der Waals surface area contributed by atoms with E-state index in [1.807, 2.05) is 47.0 Å². The van der Waals surface area contributed by atoms with Crippen LogP contribution in [0.4, 0.5) is 5.69 Å². The molecule has 12 heteroatoms. The van der Waals surface area contributed by atoms with Gasteiger partial charge in [0.2, 0.25) is 5.91 Å². The zero-order chi connectivity index (χ0) is 27.7. The van der Waals surface area contributed by atoms with Crippen LogP contribution in [-0.4, -0.2) is 40.3 Å². The van der Waals surface area contributed by atoms with Crippen molar-refractivity contribution in [2.45, 2.75) is 24.3 Å². The van der Waals surface area contributed by atoms with Crippen LogP contribution >= 0.6 is 35.0 Å². The second kappa shape index (κ2) is 11.1. The van der Waals surface area contributed by atoms with Crippen LogP contribution < -0.4 is 10.9 Å². The molecule has 1 amide bonds. The Morgan fingerprint density at radius 1 is 0.974 bits per heavy atom. The second-order valence-corrected chi connectivity index (χ2v) is 10.8. The van der Waals surface area contributed by atoms with Gasteiger partial charge in [-0.2, -0.15) is 0 Å². The van der Waals surface area contributed by atoms with Crippen molar-refractivity contribution < 1.29 is 4.79 Å². The van der Waals surface area contributed by atoms with Crippen molar-refractivity contribution >= 4 is 46.6 Å². The van der Waals surface area contributed by atoms with E-state index >= 15 is 0 Å². The molecule has 0 saturated carbocycles. The third-order valence-corrected chi connectivity index (χ3v) is 7.97. The Morgan fingerprint density at radius 3 is 2.38 bits per heavy atom. The molecule has 0 unspecified atom stereocenters. The number of carbonyl (C=O) groups is 1. The maximum absolute atomic E-state index is 13.3. The van der Waals surface area contributed by atoms with E-state index in [0.717, 1.165) is 5.56 Å². The number of pyridine rings is 1. The van der Waals surface area contributed by atoms with E-state index < -0.39 is 5.25 Å². The molecule has 0 aliphatic rings. The SMILES string of the molecule is Cc1c(NC(=O)[C@H](C)Sc2nnc(-c3ccncc3)n2-c2ccc(Cl)c(Cl)c2)c(=O)n(-c2ccccc2)n1C. The van der Waals surface area contributed by atoms with Gasteiger partial charge in [-0.05, 0) is 56.3 Å². The van der Waals surface area contributed by atoms with Gasteiger partial charge in [-0.15, -0.1) is 10.2 Å². The summed E-state index contributed by atoms with van der Waals surface area (Å²) in [5, 5.41) is 12.2. The van der Waals surface area contributed by atoms with Crippen molar-refractivity contribution in [2.24, 2.45) is 7.05 Å². The van der Waals surface area contributed by atoms with Crippen molar-refractivity contribution in [1.82, 2.24) is 29.1 Å². The largest absolute Gasteiger partial charge is 0.319 e. The molecular weight excluding hydrogens is 557 g/mol. The van der Waals surface area contributed by atoms with Crippen molar-refractivity contribution in [3.63, 3.8) is 0 Å². The first-order valence-corrected chi connectivity index (χ1v) is 13.5. The van der Waals surface area contributed by atoms with Crippen LogP contribution in [0, 0.1) is 6.92 Å². The summed E-state index contributed by atoms with van der Waals surface area (Å²) >= 11 is 13.7. The molecular formula is C27H23Cl2N7O2S. The first kappa shape index (κ1) is 26.7. The van der Waals surface area contributed by atoms with Gasteiger partial charge in [-0.1, -0.05) is 53.2 Å². The number of nitrogens with one attached hydrogen (secondary N) is 1. The van der Waals surface area contributed by atoms with Gasteiger partial charge in [0.15, 0.2) is 11.0 Å². The minimum atomic E-state index is -0.620. The number of benzene rings is 2. The van der Waals surface area contributed by atoms with Crippen LogP contribution in [0.2, 0.25) is 10.0 Å². The standard InChI is InChI=1S/C27H23Cl2N7O2S/c1-16-23(26(38)36(34(16)3)19-7-5-4-6-8-19)31-25(37)17(2)39-27-33-32-24(18-11-13-30-14-12-18)35(27)20-9-10-21(28)22(29)15-20/h4-15,17H,1-3H3,(H,31,37)/t17-/m0/s1. The number of thioether (sulfide) groups is 1. The minimum absolute atomic E-state index is 0.224. The molecule has 2 aromatic carbocycles. The second-order valence-electron chi connectivity index (χ2n) is 8.66. The number of halogens is 2. The van der Waals surface area contributed by atoms with Crippen LogP contribution in [0.1, 0.15) is 12.6 Å². The molecule has 198 valence electrons. The highest BCUT2D eigenvalue weighted by Crippen LogP contribution is 2.33. The fourth-order valence-electron chi connectivity index (χ4n) is 4.04. The minimum Gasteiger partial charge on any atom is -0.319 e. The Labute approximate surface area is 238 Å². The number of para-hydroxylation sites is 1. The zero-order valence-corrected chi connectivity index (χ0v) is 23.5. The average Bonchev–Trinajstić information content (AvgIpc) is 3.45. The Hall–Kier alpha value is -3.86. The maximum Gasteiger partial charge on any atom is 0.295 e. The van der Waals surface area contributed by atoms with Crippen LogP contribution in [0.3, 0.4) is 0 Å². The fourth-order valence-corrected chi connectivity index (χ4v) is 5.20. The lowest BCUT2D eigenvalue weighted by Crippen LogP contribution is -2.27. The van der Waals surface area contributed by atoms with Crippen LogP contribution in [0.5, 0.6) is 0 Å². The molecule has 9 nitrogen and oxygen atoms in total. The number of carbonyl (C=O) groups excluding carboxylic acids is 1. The quantitative estimate of drug-likeness (QED) is 0.254. The third-order valence-electron chi connectivity index (χ3n) is 6.19. The van der Waals surface area contributed by atoms with Gasteiger partial charge in [0, 0.05) is 25.0 Å². The molecule has 0 bridgehead atoms. The summed E-state index contributed by atoms with van der Waals surface area (Å²) in [6, 6.07) is 18.1. The molecule has 0 radical (unpaired) electrons. The first-order chi connectivity index (χ1) is 18.8. The monoisotopic (exact) mass is 579 g/mol. The van der Waals surface area contributed by atoms with E-state index in [2.05, 4.69) is 20.5 Å². The van der Waals surface area contributed by atoms with Crippen LogP contribution in [-0.2, 0) is 11.8 Å². The first-order valence-electron chi connectivity index (χ1n) is 11.9. The van der Waals surface area contributed by atoms with Crippen molar-refractivity contribution in [2.75, 3.05) is 5.32 Å². The molecule has 0 spiro atoms. The van der Waals surface area contributed by atoms with Crippen molar-refractivity contribution in [3.8, 4) is 22.8 Å². The third kappa shape index (κ3) is 5.23. The number of rotatable bonds is 7. The Balaban J connectivity index is 1.46. The number of nitrogens with zero attached hydrogens (tertiary/aromatic N) is 6. The molecule has 39 heavy (non-hydrogen) atoms. The molecule has 0 fully saturated rings. The molecule has 5 rings (SSSR count). The predicted octanol–water partition coefficient (Wildman–Crippen LogP) is 5.55. The Kier molecular flexibility index (Phi) is 7.60. The van der Waals surface area contributed by atoms with Gasteiger partial charge < -0.3 is 5.32 Å². The molecule has 1 N–H and O–H groups in total. The van der Waals surface area contributed by atoms with E-state index in [1.165, 1.54) is 16.4 Å². The fraction of sp³-hybridized carbons (Fsp3) is 0.148. The van der Waals surface area contributed by atoms with Crippen molar-refractivity contribution in [1.29, 1.82) is 0 Å².